The van der Waals surface area contributed by atoms with Gasteiger partial charge in [0.25, 0.3) is 0 Å². The second kappa shape index (κ2) is 11.1. The Morgan fingerprint density at radius 1 is 1.04 bits per heavy atom. The molecule has 3 nitrogen and oxygen atoms in total. The summed E-state index contributed by atoms with van der Waals surface area (Å²) < 4.78 is 5.41. The van der Waals surface area contributed by atoms with Crippen molar-refractivity contribution in [2.24, 2.45) is 0 Å². The van der Waals surface area contributed by atoms with Crippen molar-refractivity contribution in [2.75, 3.05) is 32.1 Å². The molecular weight excluding hydrogens is 342 g/mol. The number of ether oxygens (including phenoxy) is 1. The Morgan fingerprint density at radius 2 is 1.65 bits per heavy atom. The number of carbonyl (C=O) groups excluding carboxylic acids is 1. The summed E-state index contributed by atoms with van der Waals surface area (Å²) in [5.74, 6) is 1.37. The van der Waals surface area contributed by atoms with Crippen molar-refractivity contribution >= 4 is 17.5 Å². The molecule has 0 amide bonds. The Balaban J connectivity index is 1.79. The van der Waals surface area contributed by atoms with Crippen LogP contribution in [-0.2, 0) is 4.74 Å². The number of hydrogen-bond donors (Lipinski definition) is 0. The maximum Gasteiger partial charge on any atom is 0.182 e. The van der Waals surface area contributed by atoms with E-state index in [9.17, 15) is 4.79 Å². The zero-order valence-electron chi connectivity index (χ0n) is 16.8. The first-order chi connectivity index (χ1) is 12.6. The molecule has 2 rings (SSSR count). The number of hydrogen-bond acceptors (Lipinski definition) is 4. The minimum absolute atomic E-state index is 0.201. The molecule has 0 bridgehead atoms. The van der Waals surface area contributed by atoms with Gasteiger partial charge in [0.1, 0.15) is 0 Å². The van der Waals surface area contributed by atoms with Crippen molar-refractivity contribution < 1.29 is 9.53 Å². The Labute approximate surface area is 163 Å². The highest BCUT2D eigenvalue weighted by Gasteiger charge is 2.35. The second-order valence-electron chi connectivity index (χ2n) is 7.63. The van der Waals surface area contributed by atoms with Crippen LogP contribution in [0.2, 0.25) is 0 Å². The van der Waals surface area contributed by atoms with Gasteiger partial charge in [-0.1, -0.05) is 51.2 Å². The highest BCUT2D eigenvalue weighted by atomic mass is 32.2. The van der Waals surface area contributed by atoms with Gasteiger partial charge in [-0.3, -0.25) is 9.69 Å². The first kappa shape index (κ1) is 21.5. The van der Waals surface area contributed by atoms with Crippen LogP contribution in [0.15, 0.2) is 29.2 Å². The molecule has 0 saturated carbocycles. The fourth-order valence-corrected chi connectivity index (χ4v) is 4.31. The summed E-state index contributed by atoms with van der Waals surface area (Å²) in [6.07, 6.45) is 8.01. The predicted octanol–water partition coefficient (Wildman–Crippen LogP) is 5.43. The fraction of sp³-hybridized carbons (Fsp3) is 0.682. The van der Waals surface area contributed by atoms with Crippen LogP contribution in [0.3, 0.4) is 0 Å². The van der Waals surface area contributed by atoms with E-state index in [1.807, 2.05) is 37.7 Å². The monoisotopic (exact) mass is 377 g/mol. The minimum atomic E-state index is -0.475. The SMILES string of the molecule is CCCCCCCCSc1ccc(C(=O)C(C)(C)N2CCOCC2)cc1. The average molecular weight is 378 g/mol. The van der Waals surface area contributed by atoms with E-state index in [2.05, 4.69) is 24.0 Å². The van der Waals surface area contributed by atoms with E-state index in [-0.39, 0.29) is 5.78 Å². The molecule has 0 radical (unpaired) electrons. The highest BCUT2D eigenvalue weighted by Crippen LogP contribution is 2.25. The quantitative estimate of drug-likeness (QED) is 0.292. The number of morpholine rings is 1. The molecule has 1 aliphatic rings. The van der Waals surface area contributed by atoms with Crippen LogP contribution in [0.4, 0.5) is 0 Å². The molecule has 0 aliphatic carbocycles. The maximum absolute atomic E-state index is 13.0. The molecule has 0 unspecified atom stereocenters. The number of nitrogens with zero attached hydrogens (tertiary/aromatic N) is 1. The van der Waals surface area contributed by atoms with E-state index in [4.69, 9.17) is 4.74 Å². The van der Waals surface area contributed by atoms with Crippen LogP contribution >= 0.6 is 11.8 Å². The van der Waals surface area contributed by atoms with Crippen LogP contribution < -0.4 is 0 Å². The van der Waals surface area contributed by atoms with Gasteiger partial charge in [-0.2, -0.15) is 0 Å². The Bertz CT molecular complexity index is 536. The molecule has 26 heavy (non-hydrogen) atoms. The second-order valence-corrected chi connectivity index (χ2v) is 8.80. The predicted molar refractivity (Wildman–Crippen MR) is 111 cm³/mol. The zero-order valence-corrected chi connectivity index (χ0v) is 17.6. The maximum atomic E-state index is 13.0. The Morgan fingerprint density at radius 3 is 2.31 bits per heavy atom. The van der Waals surface area contributed by atoms with Crippen molar-refractivity contribution in [1.29, 1.82) is 0 Å². The van der Waals surface area contributed by atoms with Crippen LogP contribution in [0.1, 0.15) is 69.7 Å². The largest absolute Gasteiger partial charge is 0.379 e. The van der Waals surface area contributed by atoms with Crippen molar-refractivity contribution in [3.8, 4) is 0 Å². The summed E-state index contributed by atoms with van der Waals surface area (Å²) in [6, 6.07) is 8.19. The van der Waals surface area contributed by atoms with E-state index in [1.165, 1.54) is 49.2 Å². The average Bonchev–Trinajstić information content (AvgIpc) is 2.68. The molecule has 1 aromatic rings. The number of benzene rings is 1. The Hall–Kier alpha value is -0.840. The highest BCUT2D eigenvalue weighted by molar-refractivity contribution is 7.99. The normalized spacial score (nSPS) is 16.0. The van der Waals surface area contributed by atoms with Gasteiger partial charge in [-0.15, -0.1) is 11.8 Å². The van der Waals surface area contributed by atoms with E-state index < -0.39 is 5.54 Å². The smallest absolute Gasteiger partial charge is 0.182 e. The van der Waals surface area contributed by atoms with Crippen molar-refractivity contribution in [3.63, 3.8) is 0 Å². The zero-order chi connectivity index (χ0) is 18.8. The molecule has 146 valence electrons. The van der Waals surface area contributed by atoms with Gasteiger partial charge in [-0.25, -0.2) is 0 Å². The molecule has 0 atom stereocenters. The number of ketones is 1. The number of unbranched alkanes of at least 4 members (excludes halogenated alkanes) is 5. The first-order valence-electron chi connectivity index (χ1n) is 10.2. The third kappa shape index (κ3) is 6.40. The van der Waals surface area contributed by atoms with Gasteiger partial charge in [0.15, 0.2) is 5.78 Å². The van der Waals surface area contributed by atoms with Crippen LogP contribution in [0.5, 0.6) is 0 Å². The molecule has 4 heteroatoms. The van der Waals surface area contributed by atoms with E-state index in [1.54, 1.807) is 0 Å². The van der Waals surface area contributed by atoms with Gasteiger partial charge >= 0.3 is 0 Å². The van der Waals surface area contributed by atoms with Gasteiger partial charge in [0, 0.05) is 23.5 Å². The number of Topliss-reactive ketones (excluding diaryl/α,β-unsaturated/α-hetero) is 1. The standard InChI is InChI=1S/C22H35NO2S/c1-4-5-6-7-8-9-18-26-20-12-10-19(11-13-20)21(24)22(2,3)23-14-16-25-17-15-23/h10-13H,4-9,14-18H2,1-3H3. The van der Waals surface area contributed by atoms with Crippen molar-refractivity contribution in [2.45, 2.75) is 69.7 Å². The lowest BCUT2D eigenvalue weighted by atomic mass is 9.91. The summed E-state index contributed by atoms with van der Waals surface area (Å²) in [5.41, 5.74) is 0.335. The lowest BCUT2D eigenvalue weighted by molar-refractivity contribution is -0.00430. The van der Waals surface area contributed by atoms with Gasteiger partial charge in [-0.05, 0) is 38.2 Å². The minimum Gasteiger partial charge on any atom is -0.379 e. The lowest BCUT2D eigenvalue weighted by Crippen LogP contribution is -2.54. The molecule has 1 aliphatic heterocycles. The third-order valence-electron chi connectivity index (χ3n) is 5.24. The first-order valence-corrected chi connectivity index (χ1v) is 11.1. The third-order valence-corrected chi connectivity index (χ3v) is 6.34. The van der Waals surface area contributed by atoms with E-state index in [0.29, 0.717) is 13.2 Å². The van der Waals surface area contributed by atoms with Gasteiger partial charge < -0.3 is 4.74 Å². The van der Waals surface area contributed by atoms with E-state index >= 15 is 0 Å². The topological polar surface area (TPSA) is 29.5 Å². The summed E-state index contributed by atoms with van der Waals surface area (Å²) >= 11 is 1.90. The molecule has 1 heterocycles. The summed E-state index contributed by atoms with van der Waals surface area (Å²) in [5, 5.41) is 0. The summed E-state index contributed by atoms with van der Waals surface area (Å²) in [7, 11) is 0. The van der Waals surface area contributed by atoms with E-state index in [0.717, 1.165) is 18.7 Å². The van der Waals surface area contributed by atoms with Gasteiger partial charge in [0.05, 0.1) is 18.8 Å². The van der Waals surface area contributed by atoms with Crippen LogP contribution in [-0.4, -0.2) is 48.3 Å². The lowest BCUT2D eigenvalue weighted by Gasteiger charge is -2.39. The molecular formula is C22H35NO2S. The van der Waals surface area contributed by atoms with Crippen molar-refractivity contribution in [3.05, 3.63) is 29.8 Å². The molecule has 0 N–H and O–H groups in total. The molecule has 1 fully saturated rings. The Kier molecular flexibility index (Phi) is 9.17. The van der Waals surface area contributed by atoms with Crippen molar-refractivity contribution in [1.82, 2.24) is 4.90 Å². The number of rotatable bonds is 11. The van der Waals surface area contributed by atoms with Crippen LogP contribution in [0.25, 0.3) is 0 Å². The summed E-state index contributed by atoms with van der Waals surface area (Å²) in [4.78, 5) is 16.5. The fourth-order valence-electron chi connectivity index (χ4n) is 3.39. The summed E-state index contributed by atoms with van der Waals surface area (Å²) in [6.45, 7) is 9.39. The number of thioether (sulfide) groups is 1. The molecule has 0 spiro atoms. The number of carbonyl (C=O) groups is 1. The molecule has 0 aromatic heterocycles. The van der Waals surface area contributed by atoms with Crippen LogP contribution in [0, 0.1) is 0 Å². The molecule has 1 saturated heterocycles. The molecule has 1 aromatic carbocycles. The van der Waals surface area contributed by atoms with Gasteiger partial charge in [0.2, 0.25) is 0 Å².